The van der Waals surface area contributed by atoms with Gasteiger partial charge in [-0.25, -0.2) is 13.4 Å². The highest BCUT2D eigenvalue weighted by Crippen LogP contribution is 2.35. The number of anilines is 1. The van der Waals surface area contributed by atoms with Crippen LogP contribution in [0.3, 0.4) is 0 Å². The molecule has 2 atom stereocenters. The normalized spacial score (nSPS) is 21.5. The van der Waals surface area contributed by atoms with E-state index in [0.29, 0.717) is 18.2 Å². The zero-order valence-corrected chi connectivity index (χ0v) is 15.2. The molecular weight excluding hydrogens is 326 g/mol. The van der Waals surface area contributed by atoms with Gasteiger partial charge in [0.25, 0.3) is 0 Å². The van der Waals surface area contributed by atoms with Gasteiger partial charge in [-0.1, -0.05) is 13.8 Å². The first-order valence-corrected chi connectivity index (χ1v) is 11.0. The van der Waals surface area contributed by atoms with Crippen molar-refractivity contribution in [2.75, 3.05) is 29.2 Å². The molecule has 2 rings (SSSR count). The van der Waals surface area contributed by atoms with E-state index in [0.717, 1.165) is 34.4 Å². The summed E-state index contributed by atoms with van der Waals surface area (Å²) in [7, 11) is -3.12. The highest BCUT2D eigenvalue weighted by atomic mass is 32.2. The Kier molecular flexibility index (Phi) is 5.56. The lowest BCUT2D eigenvalue weighted by Crippen LogP contribution is -2.47. The lowest BCUT2D eigenvalue weighted by molar-refractivity contribution is 0.584. The Bertz CT molecular complexity index is 585. The smallest absolute Gasteiger partial charge is 0.186 e. The number of nitrogens with two attached hydrogens (primary N) is 1. The number of sulfone groups is 1. The highest BCUT2D eigenvalue weighted by molar-refractivity contribution is 8.01. The Labute approximate surface area is 135 Å². The molecule has 120 valence electrons. The van der Waals surface area contributed by atoms with Crippen LogP contribution in [0.1, 0.15) is 36.8 Å². The van der Waals surface area contributed by atoms with Crippen LogP contribution in [-0.2, 0) is 16.4 Å². The standard InChI is InChI=1S/C13H23N3O2S3/c1-4-9(2)12-10(7-14)20-13(15-12)16-5-6-19-8-11(16)21(3,17)18/h9,11H,4-8,14H2,1-3H3. The Morgan fingerprint density at radius 3 is 2.81 bits per heavy atom. The first-order chi connectivity index (χ1) is 9.88. The van der Waals surface area contributed by atoms with Crippen LogP contribution in [0.25, 0.3) is 0 Å². The van der Waals surface area contributed by atoms with Crippen LogP contribution in [0.15, 0.2) is 0 Å². The van der Waals surface area contributed by atoms with Crippen LogP contribution in [-0.4, -0.2) is 43.1 Å². The van der Waals surface area contributed by atoms with E-state index in [2.05, 4.69) is 13.8 Å². The molecule has 0 saturated carbocycles. The van der Waals surface area contributed by atoms with Gasteiger partial charge in [-0.05, 0) is 12.3 Å². The Morgan fingerprint density at radius 2 is 2.24 bits per heavy atom. The molecule has 1 aliphatic heterocycles. The molecule has 2 heterocycles. The average Bonchev–Trinajstić information content (AvgIpc) is 2.89. The highest BCUT2D eigenvalue weighted by Gasteiger charge is 2.33. The summed E-state index contributed by atoms with van der Waals surface area (Å²) in [5.74, 6) is 1.89. The number of thiazole rings is 1. The van der Waals surface area contributed by atoms with Crippen molar-refractivity contribution in [1.82, 2.24) is 4.98 Å². The van der Waals surface area contributed by atoms with Gasteiger partial charge in [-0.15, -0.1) is 11.3 Å². The topological polar surface area (TPSA) is 76.3 Å². The first-order valence-electron chi connectivity index (χ1n) is 7.11. The Hall–Kier alpha value is -0.310. The number of nitrogens with zero attached hydrogens (tertiary/aromatic N) is 2. The maximum atomic E-state index is 12.0. The quantitative estimate of drug-likeness (QED) is 0.877. The van der Waals surface area contributed by atoms with Gasteiger partial charge >= 0.3 is 0 Å². The van der Waals surface area contributed by atoms with Crippen LogP contribution in [0.4, 0.5) is 5.13 Å². The van der Waals surface area contributed by atoms with Crippen LogP contribution in [0.5, 0.6) is 0 Å². The third-order valence-electron chi connectivity index (χ3n) is 3.81. The molecule has 21 heavy (non-hydrogen) atoms. The molecule has 0 amide bonds. The summed E-state index contributed by atoms with van der Waals surface area (Å²) in [6.45, 7) is 5.45. The average molecular weight is 350 g/mol. The third-order valence-corrected chi connectivity index (χ3v) is 7.58. The zero-order chi connectivity index (χ0) is 15.6. The van der Waals surface area contributed by atoms with Crippen molar-refractivity contribution >= 4 is 38.1 Å². The molecule has 0 aromatic carbocycles. The maximum absolute atomic E-state index is 12.0. The summed E-state index contributed by atoms with van der Waals surface area (Å²) in [4.78, 5) is 7.75. The Balaban J connectivity index is 2.37. The minimum atomic E-state index is -3.12. The van der Waals surface area contributed by atoms with Crippen molar-refractivity contribution in [2.24, 2.45) is 5.73 Å². The van der Waals surface area contributed by atoms with E-state index in [4.69, 9.17) is 10.7 Å². The monoisotopic (exact) mass is 349 g/mol. The van der Waals surface area contributed by atoms with Gasteiger partial charge < -0.3 is 10.6 Å². The van der Waals surface area contributed by atoms with E-state index >= 15 is 0 Å². The molecule has 1 aromatic heterocycles. The Morgan fingerprint density at radius 1 is 1.52 bits per heavy atom. The predicted octanol–water partition coefficient (Wildman–Crippen LogP) is 2.04. The molecule has 0 radical (unpaired) electrons. The van der Waals surface area contributed by atoms with Gasteiger partial charge in [-0.2, -0.15) is 11.8 Å². The number of hydrogen-bond donors (Lipinski definition) is 1. The minimum absolute atomic E-state index is 0.351. The van der Waals surface area contributed by atoms with Crippen molar-refractivity contribution in [1.29, 1.82) is 0 Å². The van der Waals surface area contributed by atoms with Crippen molar-refractivity contribution in [3.63, 3.8) is 0 Å². The summed E-state index contributed by atoms with van der Waals surface area (Å²) in [5, 5.41) is 0.333. The van der Waals surface area contributed by atoms with Gasteiger partial charge in [0, 0.05) is 35.7 Å². The number of rotatable bonds is 5. The zero-order valence-electron chi connectivity index (χ0n) is 12.7. The van der Waals surface area contributed by atoms with Crippen molar-refractivity contribution in [3.8, 4) is 0 Å². The second-order valence-corrected chi connectivity index (χ2v) is 9.79. The third kappa shape index (κ3) is 3.72. The van der Waals surface area contributed by atoms with Gasteiger partial charge in [0.2, 0.25) is 0 Å². The summed E-state index contributed by atoms with van der Waals surface area (Å²) in [6, 6.07) is 0. The molecule has 0 bridgehead atoms. The van der Waals surface area contributed by atoms with Crippen molar-refractivity contribution < 1.29 is 8.42 Å². The largest absolute Gasteiger partial charge is 0.329 e. The molecule has 2 unspecified atom stereocenters. The molecule has 1 aromatic rings. The molecular formula is C13H23N3O2S3. The lowest BCUT2D eigenvalue weighted by Gasteiger charge is -2.33. The van der Waals surface area contributed by atoms with Gasteiger partial charge in [0.15, 0.2) is 15.0 Å². The molecule has 1 saturated heterocycles. The summed E-state index contributed by atoms with van der Waals surface area (Å²) < 4.78 is 24.0. The van der Waals surface area contributed by atoms with Gasteiger partial charge in [0.1, 0.15) is 5.37 Å². The molecule has 2 N–H and O–H groups in total. The van der Waals surface area contributed by atoms with Crippen LogP contribution in [0.2, 0.25) is 0 Å². The number of hydrogen-bond acceptors (Lipinski definition) is 7. The van der Waals surface area contributed by atoms with E-state index in [1.54, 1.807) is 23.1 Å². The van der Waals surface area contributed by atoms with Crippen molar-refractivity contribution in [3.05, 3.63) is 10.6 Å². The van der Waals surface area contributed by atoms with E-state index in [-0.39, 0.29) is 0 Å². The van der Waals surface area contributed by atoms with Crippen molar-refractivity contribution in [2.45, 2.75) is 38.1 Å². The van der Waals surface area contributed by atoms with Crippen LogP contribution < -0.4 is 10.6 Å². The fourth-order valence-corrected chi connectivity index (χ4v) is 6.37. The van der Waals surface area contributed by atoms with E-state index in [9.17, 15) is 8.42 Å². The molecule has 0 spiro atoms. The fourth-order valence-electron chi connectivity index (χ4n) is 2.35. The fraction of sp³-hybridized carbons (Fsp3) is 0.769. The van der Waals surface area contributed by atoms with E-state index < -0.39 is 15.2 Å². The minimum Gasteiger partial charge on any atom is -0.329 e. The molecule has 8 heteroatoms. The van der Waals surface area contributed by atoms with Gasteiger partial charge in [-0.3, -0.25) is 0 Å². The second-order valence-electron chi connectivity index (χ2n) is 5.37. The molecule has 5 nitrogen and oxygen atoms in total. The maximum Gasteiger partial charge on any atom is 0.186 e. The lowest BCUT2D eigenvalue weighted by atomic mass is 10.0. The second kappa shape index (κ2) is 6.85. The molecule has 1 fully saturated rings. The summed E-state index contributed by atoms with van der Waals surface area (Å²) in [5.41, 5.74) is 6.87. The van der Waals surface area contributed by atoms with Gasteiger partial charge in [0.05, 0.1) is 5.69 Å². The summed E-state index contributed by atoms with van der Waals surface area (Å²) >= 11 is 3.23. The van der Waals surface area contributed by atoms with E-state index in [1.807, 2.05) is 4.90 Å². The number of aromatic nitrogens is 1. The SMILES string of the molecule is CCC(C)c1nc(N2CCSCC2S(C)(=O)=O)sc1CN. The van der Waals surface area contributed by atoms with E-state index in [1.165, 1.54) is 6.26 Å². The summed E-state index contributed by atoms with van der Waals surface area (Å²) in [6.07, 6.45) is 2.31. The van der Waals surface area contributed by atoms with Crippen LogP contribution in [0, 0.1) is 0 Å². The molecule has 1 aliphatic rings. The predicted molar refractivity (Wildman–Crippen MR) is 92.0 cm³/mol. The number of thioether (sulfide) groups is 1. The first kappa shape index (κ1) is 17.1. The van der Waals surface area contributed by atoms with Crippen LogP contribution >= 0.6 is 23.1 Å². The molecule has 0 aliphatic carbocycles.